The number of ether oxygens (including phenoxy) is 1. The number of hydrogen-bond acceptors (Lipinski definition) is 4. The average molecular weight is 435 g/mol. The van der Waals surface area contributed by atoms with Gasteiger partial charge in [0.2, 0.25) is 5.91 Å². The second-order valence-corrected chi connectivity index (χ2v) is 7.63. The topological polar surface area (TPSA) is 75.7 Å². The Kier molecular flexibility index (Phi) is 6.77. The minimum absolute atomic E-state index is 0.0738. The van der Waals surface area contributed by atoms with Crippen LogP contribution in [-0.2, 0) is 19.1 Å². The van der Waals surface area contributed by atoms with E-state index in [9.17, 15) is 14.4 Å². The first-order valence-electron chi connectivity index (χ1n) is 9.11. The van der Waals surface area contributed by atoms with Crippen LogP contribution >= 0.6 is 23.2 Å². The highest BCUT2D eigenvalue weighted by Gasteiger charge is 2.38. The van der Waals surface area contributed by atoms with Gasteiger partial charge >= 0.3 is 5.97 Å². The number of rotatable bonds is 6. The molecule has 152 valence electrons. The molecule has 1 aliphatic heterocycles. The second-order valence-electron chi connectivity index (χ2n) is 6.82. The standard InChI is InChI=1S/C21H20Cl2N2O4/c1-13(14-5-3-2-4-6-14)25-11-15(9-20(25)27)21(28)29-12-19(26)24-16-7-8-17(22)18(23)10-16/h2-8,10,13,15H,9,11-12H2,1H3,(H,24,26)/t13-,15-/m0/s1. The molecule has 0 aromatic heterocycles. The van der Waals surface area contributed by atoms with Gasteiger partial charge in [0, 0.05) is 18.7 Å². The van der Waals surface area contributed by atoms with Crippen LogP contribution in [0.5, 0.6) is 0 Å². The molecule has 2 aromatic rings. The fourth-order valence-electron chi connectivity index (χ4n) is 3.20. The summed E-state index contributed by atoms with van der Waals surface area (Å²) >= 11 is 11.7. The van der Waals surface area contributed by atoms with Crippen LogP contribution in [0.3, 0.4) is 0 Å². The maximum Gasteiger partial charge on any atom is 0.311 e. The number of nitrogens with zero attached hydrogens (tertiary/aromatic N) is 1. The van der Waals surface area contributed by atoms with Gasteiger partial charge in [-0.3, -0.25) is 14.4 Å². The van der Waals surface area contributed by atoms with Crippen molar-refractivity contribution in [1.29, 1.82) is 0 Å². The van der Waals surface area contributed by atoms with Crippen molar-refractivity contribution in [3.05, 3.63) is 64.1 Å². The fourth-order valence-corrected chi connectivity index (χ4v) is 3.50. The first kappa shape index (κ1) is 21.1. The molecule has 29 heavy (non-hydrogen) atoms. The van der Waals surface area contributed by atoms with Gasteiger partial charge in [-0.05, 0) is 30.7 Å². The summed E-state index contributed by atoms with van der Waals surface area (Å²) in [6.07, 6.45) is 0.0738. The van der Waals surface area contributed by atoms with E-state index in [1.807, 2.05) is 37.3 Å². The first-order chi connectivity index (χ1) is 13.8. The maximum atomic E-state index is 12.4. The Hall–Kier alpha value is -2.57. The van der Waals surface area contributed by atoms with Gasteiger partial charge in [-0.25, -0.2) is 0 Å². The summed E-state index contributed by atoms with van der Waals surface area (Å²) < 4.78 is 5.11. The third kappa shape index (κ3) is 5.28. The van der Waals surface area contributed by atoms with Gasteiger partial charge in [0.15, 0.2) is 6.61 Å². The zero-order valence-corrected chi connectivity index (χ0v) is 17.2. The van der Waals surface area contributed by atoms with Crippen LogP contribution in [0.15, 0.2) is 48.5 Å². The second kappa shape index (κ2) is 9.29. The number of nitrogens with one attached hydrogen (secondary N) is 1. The molecule has 1 heterocycles. The monoisotopic (exact) mass is 434 g/mol. The normalized spacial score (nSPS) is 17.1. The molecule has 0 radical (unpaired) electrons. The zero-order chi connectivity index (χ0) is 21.0. The summed E-state index contributed by atoms with van der Waals surface area (Å²) in [5.74, 6) is -1.77. The smallest absolute Gasteiger partial charge is 0.311 e. The molecule has 0 spiro atoms. The highest BCUT2D eigenvalue weighted by molar-refractivity contribution is 6.42. The van der Waals surface area contributed by atoms with E-state index in [0.29, 0.717) is 15.7 Å². The maximum absolute atomic E-state index is 12.4. The number of esters is 1. The van der Waals surface area contributed by atoms with Crippen molar-refractivity contribution in [3.8, 4) is 0 Å². The van der Waals surface area contributed by atoms with Gasteiger partial charge in [0.25, 0.3) is 5.91 Å². The Bertz CT molecular complexity index is 920. The highest BCUT2D eigenvalue weighted by Crippen LogP contribution is 2.29. The molecule has 0 aliphatic carbocycles. The summed E-state index contributed by atoms with van der Waals surface area (Å²) in [5, 5.41) is 3.25. The van der Waals surface area contributed by atoms with E-state index in [2.05, 4.69) is 5.32 Å². The number of hydrogen-bond donors (Lipinski definition) is 1. The molecule has 1 fully saturated rings. The molecule has 0 bridgehead atoms. The van der Waals surface area contributed by atoms with Gasteiger partial charge in [-0.1, -0.05) is 53.5 Å². The molecule has 2 amide bonds. The molecule has 8 heteroatoms. The van der Waals surface area contributed by atoms with Crippen LogP contribution in [0.4, 0.5) is 5.69 Å². The Morgan fingerprint density at radius 1 is 1.17 bits per heavy atom. The van der Waals surface area contributed by atoms with Gasteiger partial charge in [0.05, 0.1) is 22.0 Å². The zero-order valence-electron chi connectivity index (χ0n) is 15.7. The number of carbonyl (C=O) groups is 3. The van der Waals surface area contributed by atoms with E-state index < -0.39 is 24.4 Å². The van der Waals surface area contributed by atoms with Crippen LogP contribution in [0.2, 0.25) is 10.0 Å². The van der Waals surface area contributed by atoms with Crippen LogP contribution in [0.25, 0.3) is 0 Å². The summed E-state index contributed by atoms with van der Waals surface area (Å²) in [5.41, 5.74) is 1.44. The van der Waals surface area contributed by atoms with E-state index in [1.54, 1.807) is 17.0 Å². The highest BCUT2D eigenvalue weighted by atomic mass is 35.5. The molecule has 1 N–H and O–H groups in total. The van der Waals surface area contributed by atoms with Crippen molar-refractivity contribution in [2.45, 2.75) is 19.4 Å². The fraction of sp³-hybridized carbons (Fsp3) is 0.286. The van der Waals surface area contributed by atoms with E-state index in [1.165, 1.54) is 6.07 Å². The number of anilines is 1. The van der Waals surface area contributed by atoms with Gasteiger partial charge in [0.1, 0.15) is 0 Å². The SMILES string of the molecule is C[C@@H](c1ccccc1)N1C[C@@H](C(=O)OCC(=O)Nc2ccc(Cl)c(Cl)c2)CC1=O. The van der Waals surface area contributed by atoms with Crippen molar-refractivity contribution in [2.24, 2.45) is 5.92 Å². The minimum Gasteiger partial charge on any atom is -0.455 e. The molecule has 1 saturated heterocycles. The van der Waals surface area contributed by atoms with Crippen molar-refractivity contribution in [2.75, 3.05) is 18.5 Å². The Morgan fingerprint density at radius 3 is 2.59 bits per heavy atom. The number of likely N-dealkylation sites (tertiary alicyclic amines) is 1. The number of carbonyl (C=O) groups excluding carboxylic acids is 3. The first-order valence-corrected chi connectivity index (χ1v) is 9.86. The van der Waals surface area contributed by atoms with Crippen molar-refractivity contribution in [1.82, 2.24) is 4.90 Å². The molecule has 0 unspecified atom stereocenters. The molecular formula is C21H20Cl2N2O4. The Morgan fingerprint density at radius 2 is 1.90 bits per heavy atom. The van der Waals surface area contributed by atoms with Crippen LogP contribution in [-0.4, -0.2) is 35.8 Å². The predicted octanol–water partition coefficient (Wildman–Crippen LogP) is 4.08. The van der Waals surface area contributed by atoms with E-state index in [-0.39, 0.29) is 24.9 Å². The lowest BCUT2D eigenvalue weighted by atomic mass is 10.1. The Labute approximate surface area is 178 Å². The molecule has 6 nitrogen and oxygen atoms in total. The van der Waals surface area contributed by atoms with Crippen molar-refractivity contribution < 1.29 is 19.1 Å². The van der Waals surface area contributed by atoms with E-state index in [4.69, 9.17) is 27.9 Å². The van der Waals surface area contributed by atoms with Gasteiger partial charge in [-0.15, -0.1) is 0 Å². The molecule has 0 saturated carbocycles. The predicted molar refractivity (Wildman–Crippen MR) is 111 cm³/mol. The summed E-state index contributed by atoms with van der Waals surface area (Å²) in [6, 6.07) is 14.1. The Balaban J connectivity index is 1.51. The number of halogens is 2. The number of amides is 2. The van der Waals surface area contributed by atoms with Crippen LogP contribution in [0.1, 0.15) is 24.9 Å². The van der Waals surface area contributed by atoms with Crippen LogP contribution in [0, 0.1) is 5.92 Å². The largest absolute Gasteiger partial charge is 0.455 e. The van der Waals surface area contributed by atoms with Crippen molar-refractivity contribution in [3.63, 3.8) is 0 Å². The molecule has 2 aromatic carbocycles. The molecular weight excluding hydrogens is 415 g/mol. The quantitative estimate of drug-likeness (QED) is 0.694. The lowest BCUT2D eigenvalue weighted by Gasteiger charge is -2.25. The minimum atomic E-state index is -0.591. The van der Waals surface area contributed by atoms with E-state index in [0.717, 1.165) is 5.56 Å². The lowest BCUT2D eigenvalue weighted by molar-refractivity contribution is -0.151. The lowest BCUT2D eigenvalue weighted by Crippen LogP contribution is -2.30. The third-order valence-corrected chi connectivity index (χ3v) is 5.53. The molecule has 1 aliphatic rings. The molecule has 3 rings (SSSR count). The summed E-state index contributed by atoms with van der Waals surface area (Å²) in [6.45, 7) is 1.74. The van der Waals surface area contributed by atoms with E-state index >= 15 is 0 Å². The number of benzene rings is 2. The van der Waals surface area contributed by atoms with Gasteiger partial charge in [-0.2, -0.15) is 0 Å². The average Bonchev–Trinajstić information content (AvgIpc) is 3.11. The molecule has 2 atom stereocenters. The van der Waals surface area contributed by atoms with Crippen molar-refractivity contribution >= 4 is 46.7 Å². The van der Waals surface area contributed by atoms with Gasteiger partial charge < -0.3 is 15.0 Å². The third-order valence-electron chi connectivity index (χ3n) is 4.79. The van der Waals surface area contributed by atoms with Crippen LogP contribution < -0.4 is 5.32 Å². The summed E-state index contributed by atoms with van der Waals surface area (Å²) in [4.78, 5) is 38.4. The summed E-state index contributed by atoms with van der Waals surface area (Å²) in [7, 11) is 0.